The second kappa shape index (κ2) is 11.4. The molecule has 2 aromatic carbocycles. The van der Waals surface area contributed by atoms with E-state index in [1.807, 2.05) is 26.0 Å². The van der Waals surface area contributed by atoms with Gasteiger partial charge in [-0.25, -0.2) is 4.98 Å². The van der Waals surface area contributed by atoms with E-state index in [0.717, 1.165) is 28.0 Å². The number of alkyl halides is 3. The van der Waals surface area contributed by atoms with Gasteiger partial charge in [-0.2, -0.15) is 13.2 Å². The fraction of sp³-hybridized carbons (Fsp3) is 0.400. The van der Waals surface area contributed by atoms with Crippen LogP contribution in [0, 0.1) is 5.92 Å². The first-order valence-electron chi connectivity index (χ1n) is 13.5. The van der Waals surface area contributed by atoms with Crippen molar-refractivity contribution in [1.82, 2.24) is 14.8 Å². The Morgan fingerprint density at radius 3 is 2.49 bits per heavy atom. The quantitative estimate of drug-likeness (QED) is 0.403. The first kappa shape index (κ1) is 28.9. The van der Waals surface area contributed by atoms with Gasteiger partial charge in [0.15, 0.2) is 11.5 Å². The zero-order chi connectivity index (χ0) is 29.5. The van der Waals surface area contributed by atoms with Crippen molar-refractivity contribution in [2.75, 3.05) is 6.54 Å². The SMILES string of the molecule is CC(C)C(C(=O)N1C[C@H](O)C[C@H]1C(=O)CCc1ccc(-c2scnc2C(F)(F)F)cc1)N1Cc2ccccc2C1=O. The Labute approximate surface area is 239 Å². The minimum atomic E-state index is -4.55. The van der Waals surface area contributed by atoms with E-state index in [0.29, 0.717) is 24.1 Å². The van der Waals surface area contributed by atoms with Gasteiger partial charge in [-0.3, -0.25) is 14.4 Å². The number of hydrogen-bond donors (Lipinski definition) is 1. The zero-order valence-corrected chi connectivity index (χ0v) is 23.4. The van der Waals surface area contributed by atoms with Crippen LogP contribution in [-0.4, -0.2) is 62.2 Å². The molecule has 1 saturated heterocycles. The average Bonchev–Trinajstić information content (AvgIpc) is 3.65. The number of hydrogen-bond acceptors (Lipinski definition) is 6. The summed E-state index contributed by atoms with van der Waals surface area (Å²) in [6, 6.07) is 12.2. The molecular weight excluding hydrogens is 555 g/mol. The van der Waals surface area contributed by atoms with Crippen LogP contribution in [0.4, 0.5) is 13.2 Å². The molecule has 2 aliphatic heterocycles. The van der Waals surface area contributed by atoms with Gasteiger partial charge in [-0.1, -0.05) is 56.3 Å². The van der Waals surface area contributed by atoms with Crippen molar-refractivity contribution in [1.29, 1.82) is 0 Å². The highest BCUT2D eigenvalue weighted by atomic mass is 32.1. The van der Waals surface area contributed by atoms with Crippen LogP contribution in [0.2, 0.25) is 0 Å². The average molecular weight is 586 g/mol. The predicted octanol–water partition coefficient (Wildman–Crippen LogP) is 4.97. The van der Waals surface area contributed by atoms with Crippen LogP contribution in [-0.2, 0) is 28.7 Å². The number of aromatic nitrogens is 1. The third-order valence-electron chi connectivity index (χ3n) is 7.72. The van der Waals surface area contributed by atoms with Gasteiger partial charge in [0.25, 0.3) is 5.91 Å². The van der Waals surface area contributed by atoms with Crippen LogP contribution in [0.25, 0.3) is 10.4 Å². The third kappa shape index (κ3) is 5.78. The number of thiazole rings is 1. The van der Waals surface area contributed by atoms with E-state index in [1.165, 1.54) is 4.90 Å². The number of fused-ring (bicyclic) bond motifs is 1. The number of carbonyl (C=O) groups is 3. The van der Waals surface area contributed by atoms with Crippen molar-refractivity contribution in [2.45, 2.75) is 64.0 Å². The summed E-state index contributed by atoms with van der Waals surface area (Å²) in [6.45, 7) is 4.03. The molecule has 5 rings (SSSR count). The molecule has 41 heavy (non-hydrogen) atoms. The maximum absolute atomic E-state index is 13.8. The number of carbonyl (C=O) groups excluding carboxylic acids is 3. The van der Waals surface area contributed by atoms with Crippen LogP contribution in [0.1, 0.15) is 53.9 Å². The maximum atomic E-state index is 13.8. The van der Waals surface area contributed by atoms with Crippen molar-refractivity contribution in [3.05, 3.63) is 76.4 Å². The second-order valence-electron chi connectivity index (χ2n) is 10.9. The van der Waals surface area contributed by atoms with Gasteiger partial charge in [-0.05, 0) is 35.1 Å². The minimum absolute atomic E-state index is 0.0124. The van der Waals surface area contributed by atoms with Gasteiger partial charge in [0.2, 0.25) is 5.91 Å². The summed E-state index contributed by atoms with van der Waals surface area (Å²) in [5, 5.41) is 10.4. The largest absolute Gasteiger partial charge is 0.434 e. The molecule has 0 radical (unpaired) electrons. The van der Waals surface area contributed by atoms with Crippen molar-refractivity contribution in [3.8, 4) is 10.4 Å². The topological polar surface area (TPSA) is 90.8 Å². The van der Waals surface area contributed by atoms with Crippen molar-refractivity contribution in [2.24, 2.45) is 5.92 Å². The Morgan fingerprint density at radius 1 is 1.12 bits per heavy atom. The van der Waals surface area contributed by atoms with Gasteiger partial charge in [0, 0.05) is 31.5 Å². The number of aliphatic hydroxyl groups excluding tert-OH is 1. The number of likely N-dealkylation sites (tertiary alicyclic amines) is 1. The Kier molecular flexibility index (Phi) is 8.02. The van der Waals surface area contributed by atoms with Crippen molar-refractivity contribution >= 4 is 28.9 Å². The summed E-state index contributed by atoms with van der Waals surface area (Å²) in [6.07, 6.45) is -4.86. The summed E-state index contributed by atoms with van der Waals surface area (Å²) in [5.41, 5.74) is 2.81. The molecular formula is C30H30F3N3O4S. The molecule has 3 atom stereocenters. The first-order chi connectivity index (χ1) is 19.5. The lowest BCUT2D eigenvalue weighted by Gasteiger charge is -2.35. The smallest absolute Gasteiger partial charge is 0.391 e. The monoisotopic (exact) mass is 585 g/mol. The highest BCUT2D eigenvalue weighted by molar-refractivity contribution is 7.13. The lowest BCUT2D eigenvalue weighted by atomic mass is 9.98. The molecule has 0 aliphatic carbocycles. The fourth-order valence-corrected chi connectivity index (χ4v) is 6.54. The van der Waals surface area contributed by atoms with Gasteiger partial charge in [0.1, 0.15) is 6.04 Å². The van der Waals surface area contributed by atoms with E-state index in [1.54, 1.807) is 41.3 Å². The van der Waals surface area contributed by atoms with Gasteiger partial charge >= 0.3 is 6.18 Å². The minimum Gasteiger partial charge on any atom is -0.391 e. The number of halogens is 3. The van der Waals surface area contributed by atoms with Crippen LogP contribution >= 0.6 is 11.3 Å². The molecule has 3 aromatic rings. The third-order valence-corrected chi connectivity index (χ3v) is 8.59. The van der Waals surface area contributed by atoms with Gasteiger partial charge < -0.3 is 14.9 Å². The molecule has 1 fully saturated rings. The van der Waals surface area contributed by atoms with Crippen LogP contribution in [0.3, 0.4) is 0 Å². The summed E-state index contributed by atoms with van der Waals surface area (Å²) in [7, 11) is 0. The molecule has 1 aromatic heterocycles. The Bertz CT molecular complexity index is 1450. The molecule has 3 heterocycles. The van der Waals surface area contributed by atoms with Gasteiger partial charge in [-0.15, -0.1) is 11.3 Å². The van der Waals surface area contributed by atoms with Crippen molar-refractivity contribution in [3.63, 3.8) is 0 Å². The first-order valence-corrected chi connectivity index (χ1v) is 14.3. The van der Waals surface area contributed by atoms with Crippen LogP contribution in [0.5, 0.6) is 0 Å². The number of rotatable bonds is 8. The number of benzene rings is 2. The van der Waals surface area contributed by atoms with Gasteiger partial charge in [0.05, 0.1) is 22.5 Å². The molecule has 0 bridgehead atoms. The number of aliphatic hydroxyl groups is 1. The predicted molar refractivity (Wildman–Crippen MR) is 147 cm³/mol. The molecule has 1 N–H and O–H groups in total. The van der Waals surface area contributed by atoms with E-state index in [4.69, 9.17) is 0 Å². The van der Waals surface area contributed by atoms with E-state index in [9.17, 15) is 32.7 Å². The molecule has 216 valence electrons. The lowest BCUT2D eigenvalue weighted by molar-refractivity contribution is -0.143. The molecule has 1 unspecified atom stereocenters. The molecule has 11 heteroatoms. The van der Waals surface area contributed by atoms with E-state index < -0.39 is 30.1 Å². The molecule has 7 nitrogen and oxygen atoms in total. The van der Waals surface area contributed by atoms with E-state index in [2.05, 4.69) is 4.98 Å². The van der Waals surface area contributed by atoms with Crippen LogP contribution in [0.15, 0.2) is 54.0 Å². The normalized spacial score (nSPS) is 19.6. The Hall–Kier alpha value is -3.57. The number of amides is 2. The zero-order valence-electron chi connectivity index (χ0n) is 22.6. The number of Topliss-reactive ketones (excluding diaryl/α,β-unsaturated/α-hetero) is 1. The standard InChI is InChI=1S/C30H30F3N3O4S/c1-17(2)25(36-14-20-5-3-4-6-22(20)28(36)39)29(40)35-15-21(37)13-23(35)24(38)12-9-18-7-10-19(11-8-18)26-27(30(31,32)33)34-16-41-26/h3-8,10-11,16-17,21,23,25,37H,9,12-15H2,1-2H3/t21-,23+,25?/m1/s1. The van der Waals surface area contributed by atoms with E-state index in [-0.39, 0.29) is 47.8 Å². The number of nitrogens with zero attached hydrogens (tertiary/aromatic N) is 3. The van der Waals surface area contributed by atoms with E-state index >= 15 is 0 Å². The molecule has 0 saturated carbocycles. The Morgan fingerprint density at radius 2 is 1.83 bits per heavy atom. The number of β-amino-alcohol motifs (C(OH)–C–C–N with tert-alkyl or cyclic N) is 1. The summed E-state index contributed by atoms with van der Waals surface area (Å²) in [5.74, 6) is -1.01. The van der Waals surface area contributed by atoms with Crippen molar-refractivity contribution < 1.29 is 32.7 Å². The summed E-state index contributed by atoms with van der Waals surface area (Å²) < 4.78 is 39.7. The van der Waals surface area contributed by atoms with Crippen LogP contribution < -0.4 is 0 Å². The molecule has 2 amide bonds. The molecule has 2 aliphatic rings. The highest BCUT2D eigenvalue weighted by Crippen LogP contribution is 2.38. The summed E-state index contributed by atoms with van der Waals surface area (Å²) >= 11 is 0.912. The second-order valence-corrected chi connectivity index (χ2v) is 11.7. The summed E-state index contributed by atoms with van der Waals surface area (Å²) in [4.78, 5) is 46.8. The maximum Gasteiger partial charge on any atom is 0.434 e. The highest BCUT2D eigenvalue weighted by Gasteiger charge is 2.45. The number of aryl methyl sites for hydroxylation is 1. The lowest BCUT2D eigenvalue weighted by Crippen LogP contribution is -2.54. The fourth-order valence-electron chi connectivity index (χ4n) is 5.72. The number of ketones is 1. The molecule has 0 spiro atoms. The Balaban J connectivity index is 1.26.